The van der Waals surface area contributed by atoms with Gasteiger partial charge in [0.2, 0.25) is 7.37 Å². The van der Waals surface area contributed by atoms with Crippen LogP contribution in [0.25, 0.3) is 0 Å². The summed E-state index contributed by atoms with van der Waals surface area (Å²) >= 11 is 11.9. The van der Waals surface area contributed by atoms with Crippen LogP contribution in [-0.4, -0.2) is 35.0 Å². The van der Waals surface area contributed by atoms with Gasteiger partial charge in [-0.1, -0.05) is 48.5 Å². The summed E-state index contributed by atoms with van der Waals surface area (Å²) in [4.78, 5) is 10.2. The van der Waals surface area contributed by atoms with E-state index >= 15 is 0 Å². The maximum absolute atomic E-state index is 12.4. The van der Waals surface area contributed by atoms with Crippen LogP contribution in [0.2, 0.25) is 10.0 Å². The van der Waals surface area contributed by atoms with E-state index in [1.807, 2.05) is 13.0 Å². The SMILES string of the molecule is C[C@H](NC[C@@H](O)CP(=O)(O)CC1CCCCC1)c1ccc(Cl)c(Cl)c1.Cl. The smallest absolute Gasteiger partial charge is 0.203 e. The fourth-order valence-corrected chi connectivity index (χ4v) is 5.87. The van der Waals surface area contributed by atoms with E-state index < -0.39 is 13.5 Å². The highest BCUT2D eigenvalue weighted by molar-refractivity contribution is 7.58. The Hall–Kier alpha value is 0.200. The van der Waals surface area contributed by atoms with Crippen LogP contribution in [0.3, 0.4) is 0 Å². The molecule has 1 aliphatic carbocycles. The lowest BCUT2D eigenvalue weighted by Gasteiger charge is -2.25. The van der Waals surface area contributed by atoms with E-state index in [4.69, 9.17) is 23.2 Å². The third-order valence-electron chi connectivity index (χ3n) is 4.87. The van der Waals surface area contributed by atoms with Crippen molar-refractivity contribution in [2.45, 2.75) is 51.2 Å². The minimum atomic E-state index is -3.29. The van der Waals surface area contributed by atoms with Crippen LogP contribution in [0.1, 0.15) is 50.6 Å². The van der Waals surface area contributed by atoms with E-state index in [1.165, 1.54) is 6.42 Å². The first-order chi connectivity index (χ1) is 11.8. The normalized spacial score (nSPS) is 20.0. The molecule has 0 heterocycles. The van der Waals surface area contributed by atoms with E-state index in [1.54, 1.807) is 12.1 Å². The number of benzene rings is 1. The fraction of sp³-hybridized carbons (Fsp3) is 0.667. The molecule has 3 atom stereocenters. The second-order valence-electron chi connectivity index (χ2n) is 7.17. The quantitative estimate of drug-likeness (QED) is 0.477. The summed E-state index contributed by atoms with van der Waals surface area (Å²) < 4.78 is 12.4. The number of hydrogen-bond acceptors (Lipinski definition) is 3. The van der Waals surface area contributed by atoms with Gasteiger partial charge >= 0.3 is 0 Å². The predicted octanol–water partition coefficient (Wildman–Crippen LogP) is 5.28. The Labute approximate surface area is 172 Å². The average molecular weight is 445 g/mol. The maximum Gasteiger partial charge on any atom is 0.203 e. The van der Waals surface area contributed by atoms with Gasteiger partial charge < -0.3 is 15.3 Å². The number of rotatable bonds is 8. The van der Waals surface area contributed by atoms with Gasteiger partial charge in [-0.3, -0.25) is 4.57 Å². The Bertz CT molecular complexity index is 611. The summed E-state index contributed by atoms with van der Waals surface area (Å²) in [6.45, 7) is 2.21. The van der Waals surface area contributed by atoms with Crippen molar-refractivity contribution in [2.75, 3.05) is 18.9 Å². The Kier molecular flexibility index (Phi) is 10.5. The zero-order chi connectivity index (χ0) is 18.4. The Morgan fingerprint density at radius 3 is 2.50 bits per heavy atom. The first-order valence-electron chi connectivity index (χ1n) is 8.94. The van der Waals surface area contributed by atoms with Gasteiger partial charge in [0.15, 0.2) is 0 Å². The fourth-order valence-electron chi connectivity index (χ4n) is 3.45. The van der Waals surface area contributed by atoms with Gasteiger partial charge in [0, 0.05) is 18.7 Å². The summed E-state index contributed by atoms with van der Waals surface area (Å²) in [6.07, 6.45) is 5.04. The number of aliphatic hydroxyl groups excluding tert-OH is 1. The molecule has 0 bridgehead atoms. The zero-order valence-corrected chi connectivity index (χ0v) is 18.3. The highest BCUT2D eigenvalue weighted by Crippen LogP contribution is 2.45. The summed E-state index contributed by atoms with van der Waals surface area (Å²) in [6, 6.07) is 5.35. The Balaban J connectivity index is 0.00000338. The van der Waals surface area contributed by atoms with Crippen molar-refractivity contribution in [1.29, 1.82) is 0 Å². The number of hydrogen-bond donors (Lipinski definition) is 3. The second kappa shape index (κ2) is 11.3. The van der Waals surface area contributed by atoms with Gasteiger partial charge in [-0.2, -0.15) is 0 Å². The Morgan fingerprint density at radius 2 is 1.88 bits per heavy atom. The highest BCUT2D eigenvalue weighted by atomic mass is 35.5. The van der Waals surface area contributed by atoms with Crippen LogP contribution < -0.4 is 5.32 Å². The van der Waals surface area contributed by atoms with E-state index in [0.29, 0.717) is 22.1 Å². The van der Waals surface area contributed by atoms with Gasteiger partial charge in [-0.15, -0.1) is 12.4 Å². The zero-order valence-electron chi connectivity index (χ0n) is 15.0. The molecule has 0 amide bonds. The molecule has 1 saturated carbocycles. The van der Waals surface area contributed by atoms with E-state index in [0.717, 1.165) is 31.2 Å². The van der Waals surface area contributed by atoms with Crippen LogP contribution in [0.5, 0.6) is 0 Å². The summed E-state index contributed by atoms with van der Waals surface area (Å²) in [5, 5.41) is 14.3. The average Bonchev–Trinajstić information content (AvgIpc) is 2.55. The summed E-state index contributed by atoms with van der Waals surface area (Å²) in [7, 11) is -3.29. The molecule has 1 aromatic rings. The molecule has 1 unspecified atom stereocenters. The largest absolute Gasteiger partial charge is 0.391 e. The molecule has 1 fully saturated rings. The first kappa shape index (κ1) is 24.2. The predicted molar refractivity (Wildman–Crippen MR) is 112 cm³/mol. The molecule has 150 valence electrons. The highest BCUT2D eigenvalue weighted by Gasteiger charge is 2.28. The second-order valence-corrected chi connectivity index (χ2v) is 10.4. The van der Waals surface area contributed by atoms with Crippen LogP contribution >= 0.6 is 43.0 Å². The van der Waals surface area contributed by atoms with Crippen LogP contribution in [0.4, 0.5) is 0 Å². The third kappa shape index (κ3) is 8.06. The van der Waals surface area contributed by atoms with E-state index in [-0.39, 0.29) is 31.2 Å². The summed E-state index contributed by atoms with van der Waals surface area (Å²) in [5.74, 6) is 0.333. The topological polar surface area (TPSA) is 69.6 Å². The standard InChI is InChI=1S/C18H28Cl2NO3P.ClH/c1-13(15-7-8-17(19)18(20)9-15)21-10-16(22)12-25(23,24)11-14-5-3-2-4-6-14;/h7-9,13-14,16,21-22H,2-6,10-12H2,1H3,(H,23,24);1H/t13-,16+;/m0./s1. The lowest BCUT2D eigenvalue weighted by molar-refractivity contribution is 0.186. The molecule has 1 aliphatic rings. The minimum absolute atomic E-state index is 0. The van der Waals surface area contributed by atoms with Crippen molar-refractivity contribution >= 4 is 43.0 Å². The maximum atomic E-state index is 12.4. The van der Waals surface area contributed by atoms with Crippen molar-refractivity contribution in [3.05, 3.63) is 33.8 Å². The molecular formula is C18H29Cl3NO3P. The Morgan fingerprint density at radius 1 is 1.23 bits per heavy atom. The van der Waals surface area contributed by atoms with Crippen molar-refractivity contribution in [3.63, 3.8) is 0 Å². The molecule has 0 saturated heterocycles. The van der Waals surface area contributed by atoms with Crippen LogP contribution in [0, 0.1) is 5.92 Å². The molecular weight excluding hydrogens is 416 g/mol. The minimum Gasteiger partial charge on any atom is -0.391 e. The first-order valence-corrected chi connectivity index (χ1v) is 11.7. The van der Waals surface area contributed by atoms with Gasteiger partial charge in [0.1, 0.15) is 0 Å². The molecule has 8 heteroatoms. The third-order valence-corrected chi connectivity index (χ3v) is 7.69. The summed E-state index contributed by atoms with van der Waals surface area (Å²) in [5.41, 5.74) is 0.955. The van der Waals surface area contributed by atoms with Crippen LogP contribution in [-0.2, 0) is 4.57 Å². The lowest BCUT2D eigenvalue weighted by atomic mass is 9.91. The van der Waals surface area contributed by atoms with Gasteiger partial charge in [-0.05, 0) is 43.4 Å². The van der Waals surface area contributed by atoms with Gasteiger partial charge in [0.05, 0.1) is 22.3 Å². The van der Waals surface area contributed by atoms with Gasteiger partial charge in [0.25, 0.3) is 0 Å². The monoisotopic (exact) mass is 443 g/mol. The molecule has 0 radical (unpaired) electrons. The number of aliphatic hydroxyl groups is 1. The van der Waals surface area contributed by atoms with Crippen LogP contribution in [0.15, 0.2) is 18.2 Å². The molecule has 26 heavy (non-hydrogen) atoms. The molecule has 0 aliphatic heterocycles. The van der Waals surface area contributed by atoms with Crippen molar-refractivity contribution in [2.24, 2.45) is 5.92 Å². The molecule has 0 spiro atoms. The van der Waals surface area contributed by atoms with E-state index in [9.17, 15) is 14.6 Å². The van der Waals surface area contributed by atoms with Crippen molar-refractivity contribution in [1.82, 2.24) is 5.32 Å². The molecule has 4 nitrogen and oxygen atoms in total. The van der Waals surface area contributed by atoms with E-state index in [2.05, 4.69) is 5.32 Å². The van der Waals surface area contributed by atoms with Crippen molar-refractivity contribution in [3.8, 4) is 0 Å². The number of nitrogens with one attached hydrogen (secondary N) is 1. The van der Waals surface area contributed by atoms with Gasteiger partial charge in [-0.25, -0.2) is 0 Å². The number of halogens is 3. The lowest BCUT2D eigenvalue weighted by Crippen LogP contribution is -2.32. The van der Waals surface area contributed by atoms with Crippen molar-refractivity contribution < 1.29 is 14.6 Å². The molecule has 1 aromatic carbocycles. The molecule has 2 rings (SSSR count). The molecule has 3 N–H and O–H groups in total. The molecule has 0 aromatic heterocycles.